The van der Waals surface area contributed by atoms with Crippen LogP contribution >= 0.6 is 0 Å². The molecule has 1 aliphatic heterocycles. The normalized spacial score (nSPS) is 14.8. The summed E-state index contributed by atoms with van der Waals surface area (Å²) < 4.78 is 16.7. The molecule has 1 aliphatic rings. The number of piperidine rings is 1. The zero-order valence-corrected chi connectivity index (χ0v) is 20.7. The number of hydrogen-bond acceptors (Lipinski definition) is 7. The van der Waals surface area contributed by atoms with E-state index in [1.165, 1.54) is 0 Å². The zero-order chi connectivity index (χ0) is 24.8. The number of carbonyl (C=O) groups excluding carboxylic acids is 1. The van der Waals surface area contributed by atoms with E-state index in [2.05, 4.69) is 27.1 Å². The molecule has 0 aliphatic carbocycles. The van der Waals surface area contributed by atoms with Gasteiger partial charge < -0.3 is 24.4 Å². The first-order chi connectivity index (χ1) is 17.0. The van der Waals surface area contributed by atoms with Crippen LogP contribution in [0.3, 0.4) is 0 Å². The van der Waals surface area contributed by atoms with E-state index < -0.39 is 0 Å². The average molecular weight is 477 g/mol. The quantitative estimate of drug-likeness (QED) is 0.489. The van der Waals surface area contributed by atoms with Crippen molar-refractivity contribution in [3.05, 3.63) is 66.0 Å². The third kappa shape index (κ3) is 5.82. The Bertz CT molecular complexity index is 1140. The van der Waals surface area contributed by atoms with Crippen molar-refractivity contribution in [1.82, 2.24) is 15.3 Å². The van der Waals surface area contributed by atoms with Crippen LogP contribution in [0.15, 0.2) is 54.9 Å². The van der Waals surface area contributed by atoms with Crippen molar-refractivity contribution < 1.29 is 19.0 Å². The summed E-state index contributed by atoms with van der Waals surface area (Å²) >= 11 is 0. The highest BCUT2D eigenvalue weighted by molar-refractivity contribution is 5.94. The van der Waals surface area contributed by atoms with Gasteiger partial charge in [0.1, 0.15) is 5.75 Å². The first-order valence-corrected chi connectivity index (χ1v) is 11.8. The Kier molecular flexibility index (Phi) is 7.70. The van der Waals surface area contributed by atoms with Crippen molar-refractivity contribution in [2.45, 2.75) is 32.7 Å². The Labute approximate surface area is 206 Å². The second-order valence-corrected chi connectivity index (χ2v) is 8.79. The van der Waals surface area contributed by atoms with Gasteiger partial charge in [0.25, 0.3) is 11.8 Å². The van der Waals surface area contributed by atoms with Crippen molar-refractivity contribution in [2.24, 2.45) is 5.92 Å². The maximum atomic E-state index is 12.8. The van der Waals surface area contributed by atoms with Gasteiger partial charge in [-0.05, 0) is 67.6 Å². The van der Waals surface area contributed by atoms with E-state index in [9.17, 15) is 4.79 Å². The molecule has 3 aromatic rings. The van der Waals surface area contributed by atoms with Gasteiger partial charge in [0, 0.05) is 31.0 Å². The van der Waals surface area contributed by atoms with Gasteiger partial charge in [-0.2, -0.15) is 0 Å². The molecule has 0 unspecified atom stereocenters. The molecule has 2 heterocycles. The number of aromatic nitrogens is 2. The van der Waals surface area contributed by atoms with Crippen LogP contribution in [0.4, 0.5) is 5.82 Å². The first kappa shape index (κ1) is 24.3. The highest BCUT2D eigenvalue weighted by atomic mass is 16.5. The smallest absolute Gasteiger partial charge is 0.263 e. The molecule has 0 spiro atoms. The van der Waals surface area contributed by atoms with Crippen LogP contribution < -0.4 is 24.4 Å². The van der Waals surface area contributed by atoms with Crippen molar-refractivity contribution in [3.8, 4) is 23.1 Å². The molecule has 1 atom stereocenters. The molecule has 2 aromatic carbocycles. The van der Waals surface area contributed by atoms with Crippen LogP contribution in [0.2, 0.25) is 0 Å². The van der Waals surface area contributed by atoms with Gasteiger partial charge in [-0.3, -0.25) is 4.79 Å². The Hall–Kier alpha value is -3.81. The number of amides is 1. The Morgan fingerprint density at radius 1 is 1.00 bits per heavy atom. The van der Waals surface area contributed by atoms with Crippen molar-refractivity contribution in [1.29, 1.82) is 0 Å². The lowest BCUT2D eigenvalue weighted by Gasteiger charge is -2.31. The molecule has 8 heteroatoms. The van der Waals surface area contributed by atoms with Crippen molar-refractivity contribution in [2.75, 3.05) is 32.2 Å². The predicted molar refractivity (Wildman–Crippen MR) is 135 cm³/mol. The maximum Gasteiger partial charge on any atom is 0.263 e. The lowest BCUT2D eigenvalue weighted by molar-refractivity contribution is 0.0940. The molecule has 4 rings (SSSR count). The standard InChI is InChI=1S/C27H32N4O4/c1-18-11-15-31(16-12-18)25-27(29-14-13-28-25)35-22-8-5-20(6-9-22)26(32)30-19(2)21-7-10-23(33-3)24(17-21)34-4/h5-10,13-14,17-19H,11-12,15-16H2,1-4H3,(H,30,32)/t19-/m1/s1. The molecule has 0 bridgehead atoms. The molecule has 8 nitrogen and oxygen atoms in total. The second-order valence-electron chi connectivity index (χ2n) is 8.79. The zero-order valence-electron chi connectivity index (χ0n) is 20.7. The number of nitrogens with zero attached hydrogens (tertiary/aromatic N) is 3. The highest BCUT2D eigenvalue weighted by Gasteiger charge is 2.21. The van der Waals surface area contributed by atoms with Crippen LogP contribution in [0.5, 0.6) is 23.1 Å². The molecule has 1 N–H and O–H groups in total. The molecular formula is C27H32N4O4. The summed E-state index contributed by atoms with van der Waals surface area (Å²) in [6.07, 6.45) is 5.57. The molecular weight excluding hydrogens is 444 g/mol. The van der Waals surface area contributed by atoms with Gasteiger partial charge in [-0.25, -0.2) is 9.97 Å². The van der Waals surface area contributed by atoms with E-state index >= 15 is 0 Å². The second kappa shape index (κ2) is 11.1. The molecule has 0 radical (unpaired) electrons. The summed E-state index contributed by atoms with van der Waals surface area (Å²) in [6.45, 7) is 6.08. The van der Waals surface area contributed by atoms with Gasteiger partial charge in [0.05, 0.1) is 20.3 Å². The molecule has 1 saturated heterocycles. The van der Waals surface area contributed by atoms with E-state index in [4.69, 9.17) is 14.2 Å². The van der Waals surface area contributed by atoms with Gasteiger partial charge >= 0.3 is 0 Å². The van der Waals surface area contributed by atoms with Gasteiger partial charge in [0.15, 0.2) is 17.3 Å². The van der Waals surface area contributed by atoms with E-state index in [0.29, 0.717) is 28.7 Å². The first-order valence-electron chi connectivity index (χ1n) is 11.8. The molecule has 35 heavy (non-hydrogen) atoms. The van der Waals surface area contributed by atoms with E-state index in [0.717, 1.165) is 43.2 Å². The molecule has 1 aromatic heterocycles. The Morgan fingerprint density at radius 3 is 2.37 bits per heavy atom. The third-order valence-corrected chi connectivity index (χ3v) is 6.32. The van der Waals surface area contributed by atoms with Crippen LogP contribution in [0.1, 0.15) is 48.7 Å². The number of hydrogen-bond donors (Lipinski definition) is 1. The lowest BCUT2D eigenvalue weighted by atomic mass is 9.99. The van der Waals surface area contributed by atoms with Gasteiger partial charge in [-0.1, -0.05) is 13.0 Å². The number of benzene rings is 2. The molecule has 1 amide bonds. The van der Waals surface area contributed by atoms with Crippen LogP contribution in [-0.2, 0) is 0 Å². The third-order valence-electron chi connectivity index (χ3n) is 6.32. The lowest BCUT2D eigenvalue weighted by Crippen LogP contribution is -2.33. The number of anilines is 1. The summed E-state index contributed by atoms with van der Waals surface area (Å²) in [5, 5.41) is 3.02. The van der Waals surface area contributed by atoms with E-state index in [-0.39, 0.29) is 11.9 Å². The van der Waals surface area contributed by atoms with Gasteiger partial charge in [0.2, 0.25) is 0 Å². The predicted octanol–water partition coefficient (Wildman–Crippen LogP) is 5.01. The molecule has 1 fully saturated rings. The van der Waals surface area contributed by atoms with Crippen molar-refractivity contribution >= 4 is 11.7 Å². The SMILES string of the molecule is COc1ccc([C@@H](C)NC(=O)c2ccc(Oc3nccnc3N3CCC(C)CC3)cc2)cc1OC. The fourth-order valence-corrected chi connectivity index (χ4v) is 4.10. The number of ether oxygens (including phenoxy) is 3. The van der Waals surface area contributed by atoms with E-state index in [1.54, 1.807) is 50.9 Å². The Balaban J connectivity index is 1.41. The van der Waals surface area contributed by atoms with Crippen LogP contribution in [-0.4, -0.2) is 43.2 Å². The topological polar surface area (TPSA) is 85.8 Å². The molecule has 184 valence electrons. The number of carbonyl (C=O) groups is 1. The molecule has 0 saturated carbocycles. The largest absolute Gasteiger partial charge is 0.493 e. The van der Waals surface area contributed by atoms with Crippen LogP contribution in [0.25, 0.3) is 0 Å². The van der Waals surface area contributed by atoms with Crippen LogP contribution in [0, 0.1) is 5.92 Å². The Morgan fingerprint density at radius 2 is 1.69 bits per heavy atom. The minimum absolute atomic E-state index is 0.179. The fourth-order valence-electron chi connectivity index (χ4n) is 4.10. The number of nitrogens with one attached hydrogen (secondary N) is 1. The maximum absolute atomic E-state index is 12.8. The fraction of sp³-hybridized carbons (Fsp3) is 0.370. The van der Waals surface area contributed by atoms with E-state index in [1.807, 2.05) is 25.1 Å². The summed E-state index contributed by atoms with van der Waals surface area (Å²) in [7, 11) is 3.18. The minimum Gasteiger partial charge on any atom is -0.493 e. The monoisotopic (exact) mass is 476 g/mol. The van der Waals surface area contributed by atoms with Gasteiger partial charge in [-0.15, -0.1) is 0 Å². The average Bonchev–Trinajstić information content (AvgIpc) is 2.89. The van der Waals surface area contributed by atoms with Crippen molar-refractivity contribution in [3.63, 3.8) is 0 Å². The number of rotatable bonds is 8. The summed E-state index contributed by atoms with van der Waals surface area (Å²) in [6, 6.07) is 12.4. The summed E-state index contributed by atoms with van der Waals surface area (Å²) in [5.41, 5.74) is 1.45. The minimum atomic E-state index is -0.215. The summed E-state index contributed by atoms with van der Waals surface area (Å²) in [4.78, 5) is 24.0. The highest BCUT2D eigenvalue weighted by Crippen LogP contribution is 2.32. The number of methoxy groups -OCH3 is 2. The summed E-state index contributed by atoms with van der Waals surface area (Å²) in [5.74, 6) is 3.64.